The Morgan fingerprint density at radius 2 is 2.00 bits per heavy atom. The number of nitrogens with zero attached hydrogens (tertiary/aromatic N) is 4. The molecule has 0 fully saturated rings. The molecule has 0 aromatic carbocycles. The number of aromatic nitrogens is 4. The maximum Gasteiger partial charge on any atom is 0.225 e. The molecule has 7 nitrogen and oxygen atoms in total. The lowest BCUT2D eigenvalue weighted by Crippen LogP contribution is -2.21. The highest BCUT2D eigenvalue weighted by Crippen LogP contribution is 2.20. The third kappa shape index (κ3) is 4.71. The summed E-state index contributed by atoms with van der Waals surface area (Å²) in [7, 11) is 0. The monoisotopic (exact) mass is 336 g/mol. The molecule has 0 saturated carbocycles. The zero-order chi connectivity index (χ0) is 17.5. The van der Waals surface area contributed by atoms with Crippen LogP contribution in [0.5, 0.6) is 0 Å². The maximum atomic E-state index is 9.25. The summed E-state index contributed by atoms with van der Waals surface area (Å²) in [5.41, 5.74) is 2.52. The van der Waals surface area contributed by atoms with Gasteiger partial charge in [-0.05, 0) is 30.7 Å². The van der Waals surface area contributed by atoms with Gasteiger partial charge in [-0.15, -0.1) is 0 Å². The average molecular weight is 336 g/mol. The molecule has 7 heteroatoms. The van der Waals surface area contributed by atoms with Crippen LogP contribution in [0.15, 0.2) is 55.0 Å². The van der Waals surface area contributed by atoms with E-state index in [2.05, 4.69) is 30.6 Å². The van der Waals surface area contributed by atoms with Crippen molar-refractivity contribution in [2.24, 2.45) is 0 Å². The fourth-order valence-electron chi connectivity index (χ4n) is 2.21. The Hall–Kier alpha value is -3.06. The van der Waals surface area contributed by atoms with Gasteiger partial charge in [-0.1, -0.05) is 12.1 Å². The smallest absolute Gasteiger partial charge is 0.225 e. The molecule has 0 unspecified atom stereocenters. The van der Waals surface area contributed by atoms with Gasteiger partial charge in [0.2, 0.25) is 5.95 Å². The molecule has 3 heterocycles. The molecule has 3 rings (SSSR count). The van der Waals surface area contributed by atoms with Crippen LogP contribution in [0.25, 0.3) is 11.4 Å². The van der Waals surface area contributed by atoms with E-state index < -0.39 is 0 Å². The largest absolute Gasteiger partial charge is 0.394 e. The zero-order valence-corrected chi connectivity index (χ0v) is 13.9. The van der Waals surface area contributed by atoms with Gasteiger partial charge in [0.25, 0.3) is 0 Å². The molecule has 0 saturated heterocycles. The molecule has 0 aliphatic rings. The third-order valence-electron chi connectivity index (χ3n) is 3.50. The second kappa shape index (κ2) is 8.16. The quantitative estimate of drug-likeness (QED) is 0.609. The first-order valence-electron chi connectivity index (χ1n) is 8.05. The zero-order valence-electron chi connectivity index (χ0n) is 13.9. The molecular weight excluding hydrogens is 316 g/mol. The lowest BCUT2D eigenvalue weighted by molar-refractivity contribution is 0.281. The second-order valence-electron chi connectivity index (χ2n) is 5.62. The summed E-state index contributed by atoms with van der Waals surface area (Å²) in [5.74, 6) is 1.12. The highest BCUT2D eigenvalue weighted by molar-refractivity contribution is 5.61. The minimum atomic E-state index is -0.148. The van der Waals surface area contributed by atoms with Crippen LogP contribution in [0.4, 0.5) is 11.8 Å². The van der Waals surface area contributed by atoms with E-state index in [-0.39, 0.29) is 12.6 Å². The molecule has 25 heavy (non-hydrogen) atoms. The lowest BCUT2D eigenvalue weighted by Gasteiger charge is -2.14. The molecule has 3 aromatic heterocycles. The normalized spacial score (nSPS) is 11.8. The molecule has 0 radical (unpaired) electrons. The summed E-state index contributed by atoms with van der Waals surface area (Å²) in [6.45, 7) is 2.46. The van der Waals surface area contributed by atoms with Gasteiger partial charge in [-0.25, -0.2) is 4.98 Å². The van der Waals surface area contributed by atoms with Crippen molar-refractivity contribution in [2.75, 3.05) is 17.2 Å². The Balaban J connectivity index is 1.86. The molecule has 0 bridgehead atoms. The highest BCUT2D eigenvalue weighted by atomic mass is 16.3. The van der Waals surface area contributed by atoms with Gasteiger partial charge < -0.3 is 15.7 Å². The number of aliphatic hydroxyl groups is 1. The standard InChI is InChI=1S/C18H20N6O/c1-13(12-25)22-18-23-16(15-6-2-3-8-20-15)9-17(24-18)21-11-14-5-4-7-19-10-14/h2-10,13,25H,11-12H2,1H3,(H2,21,22,23,24)/t13-/m1/s1. The van der Waals surface area contributed by atoms with Crippen LogP contribution < -0.4 is 10.6 Å². The van der Waals surface area contributed by atoms with Crippen molar-refractivity contribution in [3.05, 3.63) is 60.6 Å². The Morgan fingerprint density at radius 1 is 1.08 bits per heavy atom. The molecule has 0 aliphatic heterocycles. The van der Waals surface area contributed by atoms with Crippen molar-refractivity contribution in [2.45, 2.75) is 19.5 Å². The number of rotatable bonds is 7. The lowest BCUT2D eigenvalue weighted by atomic mass is 10.2. The van der Waals surface area contributed by atoms with E-state index in [0.29, 0.717) is 24.0 Å². The average Bonchev–Trinajstić information content (AvgIpc) is 2.67. The molecule has 0 amide bonds. The first-order chi connectivity index (χ1) is 12.2. The van der Waals surface area contributed by atoms with Crippen molar-refractivity contribution in [3.8, 4) is 11.4 Å². The van der Waals surface area contributed by atoms with Crippen molar-refractivity contribution in [1.29, 1.82) is 0 Å². The summed E-state index contributed by atoms with van der Waals surface area (Å²) in [6, 6.07) is 11.3. The van der Waals surface area contributed by atoms with E-state index in [1.165, 1.54) is 0 Å². The van der Waals surface area contributed by atoms with Gasteiger partial charge in [-0.3, -0.25) is 9.97 Å². The number of hydrogen-bond donors (Lipinski definition) is 3. The van der Waals surface area contributed by atoms with E-state index in [1.807, 2.05) is 43.3 Å². The van der Waals surface area contributed by atoms with Gasteiger partial charge in [-0.2, -0.15) is 4.98 Å². The Bertz CT molecular complexity index is 797. The van der Waals surface area contributed by atoms with Crippen LogP contribution in [-0.4, -0.2) is 37.7 Å². The topological polar surface area (TPSA) is 95.8 Å². The number of nitrogens with one attached hydrogen (secondary N) is 2. The molecular formula is C18H20N6O. The van der Waals surface area contributed by atoms with Gasteiger partial charge >= 0.3 is 0 Å². The van der Waals surface area contributed by atoms with Gasteiger partial charge in [0.15, 0.2) is 0 Å². The summed E-state index contributed by atoms with van der Waals surface area (Å²) in [5, 5.41) is 15.6. The number of aliphatic hydroxyl groups excluding tert-OH is 1. The van der Waals surface area contributed by atoms with E-state index in [0.717, 1.165) is 11.3 Å². The first-order valence-corrected chi connectivity index (χ1v) is 8.05. The van der Waals surface area contributed by atoms with Gasteiger partial charge in [0.1, 0.15) is 5.82 Å². The minimum absolute atomic E-state index is 0.00434. The third-order valence-corrected chi connectivity index (χ3v) is 3.50. The van der Waals surface area contributed by atoms with Crippen molar-refractivity contribution in [1.82, 2.24) is 19.9 Å². The van der Waals surface area contributed by atoms with Crippen LogP contribution in [0.2, 0.25) is 0 Å². The highest BCUT2D eigenvalue weighted by Gasteiger charge is 2.09. The predicted octanol–water partition coefficient (Wildman–Crippen LogP) is 2.34. The van der Waals surface area contributed by atoms with Gasteiger partial charge in [0.05, 0.1) is 18.0 Å². The summed E-state index contributed by atoms with van der Waals surface area (Å²) >= 11 is 0. The van der Waals surface area contributed by atoms with E-state index in [4.69, 9.17) is 0 Å². The van der Waals surface area contributed by atoms with Gasteiger partial charge in [0, 0.05) is 37.2 Å². The number of pyridine rings is 2. The maximum absolute atomic E-state index is 9.25. The van der Waals surface area contributed by atoms with Crippen molar-refractivity contribution in [3.63, 3.8) is 0 Å². The van der Waals surface area contributed by atoms with E-state index >= 15 is 0 Å². The Labute approximate surface area is 146 Å². The summed E-state index contributed by atoms with van der Waals surface area (Å²) in [6.07, 6.45) is 5.27. The van der Waals surface area contributed by atoms with E-state index in [9.17, 15) is 5.11 Å². The number of anilines is 2. The van der Waals surface area contributed by atoms with Crippen LogP contribution in [-0.2, 0) is 6.54 Å². The first kappa shape index (κ1) is 16.8. The predicted molar refractivity (Wildman–Crippen MR) is 97.0 cm³/mol. The molecule has 0 aliphatic carbocycles. The second-order valence-corrected chi connectivity index (χ2v) is 5.62. The van der Waals surface area contributed by atoms with Crippen LogP contribution in [0.1, 0.15) is 12.5 Å². The Morgan fingerprint density at radius 3 is 2.72 bits per heavy atom. The Kier molecular flexibility index (Phi) is 5.48. The SMILES string of the molecule is C[C@H](CO)Nc1nc(NCc2cccnc2)cc(-c2ccccn2)n1. The minimum Gasteiger partial charge on any atom is -0.394 e. The van der Waals surface area contributed by atoms with Crippen molar-refractivity contribution >= 4 is 11.8 Å². The molecule has 3 aromatic rings. The van der Waals surface area contributed by atoms with Crippen LogP contribution in [0, 0.1) is 0 Å². The fraction of sp³-hybridized carbons (Fsp3) is 0.222. The van der Waals surface area contributed by atoms with Crippen LogP contribution >= 0.6 is 0 Å². The summed E-state index contributed by atoms with van der Waals surface area (Å²) < 4.78 is 0. The van der Waals surface area contributed by atoms with Crippen molar-refractivity contribution < 1.29 is 5.11 Å². The van der Waals surface area contributed by atoms with E-state index in [1.54, 1.807) is 18.6 Å². The fourth-order valence-corrected chi connectivity index (χ4v) is 2.21. The molecule has 0 spiro atoms. The molecule has 128 valence electrons. The summed E-state index contributed by atoms with van der Waals surface area (Å²) in [4.78, 5) is 17.4. The molecule has 1 atom stereocenters. The number of hydrogen-bond acceptors (Lipinski definition) is 7. The van der Waals surface area contributed by atoms with Crippen LogP contribution in [0.3, 0.4) is 0 Å². The molecule has 3 N–H and O–H groups in total.